The highest BCUT2D eigenvalue weighted by Crippen LogP contribution is 2.45. The number of nitrogens with one attached hydrogen (secondary N) is 1. The van der Waals surface area contributed by atoms with E-state index in [1.165, 1.54) is 19.1 Å². The molecule has 0 aliphatic heterocycles. The van der Waals surface area contributed by atoms with E-state index < -0.39 is 24.5 Å². The van der Waals surface area contributed by atoms with E-state index in [-0.39, 0.29) is 37.9 Å². The highest BCUT2D eigenvalue weighted by molar-refractivity contribution is 5.87. The number of carbonyl (C=O) groups excluding carboxylic acids is 3. The summed E-state index contributed by atoms with van der Waals surface area (Å²) in [5.41, 5.74) is 4.82. The van der Waals surface area contributed by atoms with Crippen LogP contribution >= 0.6 is 0 Å². The molecule has 1 N–H and O–H groups in total. The van der Waals surface area contributed by atoms with E-state index in [0.717, 1.165) is 27.8 Å². The molecule has 3 amide bonds. The Morgan fingerprint density at radius 3 is 2.00 bits per heavy atom. The van der Waals surface area contributed by atoms with Crippen LogP contribution in [-0.4, -0.2) is 81.5 Å². The summed E-state index contributed by atoms with van der Waals surface area (Å²) in [7, 11) is 6.18. The summed E-state index contributed by atoms with van der Waals surface area (Å²) >= 11 is 0. The van der Waals surface area contributed by atoms with Crippen LogP contribution in [0.25, 0.3) is 11.1 Å². The van der Waals surface area contributed by atoms with Crippen molar-refractivity contribution in [2.45, 2.75) is 38.3 Å². The second-order valence-electron chi connectivity index (χ2n) is 10.4. The largest absolute Gasteiger partial charge is 0.497 e. The van der Waals surface area contributed by atoms with Crippen molar-refractivity contribution in [3.8, 4) is 16.9 Å². The van der Waals surface area contributed by atoms with Gasteiger partial charge in [-0.25, -0.2) is 4.79 Å². The molecule has 4 rings (SSSR count). The second kappa shape index (κ2) is 14.7. The smallest absolute Gasteiger partial charge is 0.410 e. The third kappa shape index (κ3) is 7.71. The van der Waals surface area contributed by atoms with E-state index in [2.05, 4.69) is 5.32 Å². The fourth-order valence-electron chi connectivity index (χ4n) is 5.05. The summed E-state index contributed by atoms with van der Waals surface area (Å²) in [6.45, 7) is 2.20. The van der Waals surface area contributed by atoms with Crippen LogP contribution in [0.1, 0.15) is 36.1 Å². The molecule has 43 heavy (non-hydrogen) atoms. The first-order chi connectivity index (χ1) is 20.7. The molecule has 0 fully saturated rings. The number of nitrogens with zero attached hydrogens (tertiary/aromatic N) is 2. The van der Waals surface area contributed by atoms with Gasteiger partial charge in [0.2, 0.25) is 11.8 Å². The molecule has 228 valence electrons. The zero-order chi connectivity index (χ0) is 30.9. The van der Waals surface area contributed by atoms with Gasteiger partial charge in [0.15, 0.2) is 12.4 Å². The normalized spacial score (nSPS) is 12.7. The minimum atomic E-state index is -0.816. The average molecular weight is 590 g/mol. The fourth-order valence-corrected chi connectivity index (χ4v) is 5.05. The van der Waals surface area contributed by atoms with Gasteiger partial charge in [0.25, 0.3) is 0 Å². The summed E-state index contributed by atoms with van der Waals surface area (Å²) in [5, 5.41) is 2.76. The SMILES string of the molecule is COc1ccc(CN(CC(OC)OC)C(=O)C(C)NC(=O)CCN(C)C(=O)OC2c3ccccc3-c3ccccc32)cc1. The van der Waals surface area contributed by atoms with Gasteiger partial charge < -0.3 is 34.1 Å². The molecule has 1 aliphatic carbocycles. The number of ether oxygens (including phenoxy) is 4. The van der Waals surface area contributed by atoms with E-state index in [1.807, 2.05) is 72.8 Å². The molecule has 0 spiro atoms. The minimum absolute atomic E-state index is 0.00168. The lowest BCUT2D eigenvalue weighted by Crippen LogP contribution is -2.49. The molecule has 1 aliphatic rings. The quantitative estimate of drug-likeness (QED) is 0.295. The van der Waals surface area contributed by atoms with E-state index in [4.69, 9.17) is 18.9 Å². The molecule has 0 saturated heterocycles. The Hall–Kier alpha value is -4.41. The van der Waals surface area contributed by atoms with Crippen LogP contribution in [-0.2, 0) is 30.3 Å². The Balaban J connectivity index is 1.32. The summed E-state index contributed by atoms with van der Waals surface area (Å²) < 4.78 is 21.8. The topological polar surface area (TPSA) is 107 Å². The first-order valence-electron chi connectivity index (χ1n) is 14.1. The van der Waals surface area contributed by atoms with Crippen LogP contribution in [0, 0.1) is 0 Å². The van der Waals surface area contributed by atoms with Crippen molar-refractivity contribution in [2.75, 3.05) is 41.5 Å². The summed E-state index contributed by atoms with van der Waals surface area (Å²) in [6, 6.07) is 22.3. The maximum Gasteiger partial charge on any atom is 0.410 e. The zero-order valence-corrected chi connectivity index (χ0v) is 25.2. The van der Waals surface area contributed by atoms with E-state index in [0.29, 0.717) is 5.75 Å². The zero-order valence-electron chi connectivity index (χ0n) is 25.2. The summed E-state index contributed by atoms with van der Waals surface area (Å²) in [4.78, 5) is 42.2. The van der Waals surface area contributed by atoms with Crippen molar-refractivity contribution < 1.29 is 33.3 Å². The highest BCUT2D eigenvalue weighted by Gasteiger charge is 2.32. The van der Waals surface area contributed by atoms with Gasteiger partial charge in [-0.1, -0.05) is 60.7 Å². The Morgan fingerprint density at radius 2 is 1.44 bits per heavy atom. The van der Waals surface area contributed by atoms with Gasteiger partial charge in [0.05, 0.1) is 13.7 Å². The van der Waals surface area contributed by atoms with Crippen molar-refractivity contribution in [1.82, 2.24) is 15.1 Å². The van der Waals surface area contributed by atoms with Crippen LogP contribution in [0.2, 0.25) is 0 Å². The number of fused-ring (bicyclic) bond motifs is 3. The maximum atomic E-state index is 13.4. The lowest BCUT2D eigenvalue weighted by atomic mass is 10.1. The summed E-state index contributed by atoms with van der Waals surface area (Å²) in [6.07, 6.45) is -1.69. The Kier molecular flexibility index (Phi) is 10.7. The van der Waals surface area contributed by atoms with Gasteiger partial charge in [0, 0.05) is 51.9 Å². The van der Waals surface area contributed by atoms with Crippen LogP contribution in [0.5, 0.6) is 5.75 Å². The first-order valence-corrected chi connectivity index (χ1v) is 14.1. The van der Waals surface area contributed by atoms with Crippen LogP contribution in [0.4, 0.5) is 4.79 Å². The molecule has 0 heterocycles. The Labute approximate surface area is 252 Å². The number of hydrogen-bond donors (Lipinski definition) is 1. The standard InChI is InChI=1S/C33H39N3O7/c1-22(32(38)36(21-30(41-4)42-5)20-23-14-16-24(40-3)17-15-23)34-29(37)18-19-35(2)33(39)43-31-27-12-8-6-10-25(27)26-11-7-9-13-28(26)31/h6-17,22,30-31H,18-21H2,1-5H3,(H,34,37). The number of benzene rings is 3. The van der Waals surface area contributed by atoms with Crippen LogP contribution < -0.4 is 10.1 Å². The molecule has 0 aromatic heterocycles. The van der Waals surface area contributed by atoms with Gasteiger partial charge in [-0.15, -0.1) is 0 Å². The Morgan fingerprint density at radius 1 is 0.860 bits per heavy atom. The summed E-state index contributed by atoms with van der Waals surface area (Å²) in [5.74, 6) is 0.0479. The molecule has 0 radical (unpaired) electrons. The van der Waals surface area contributed by atoms with Crippen molar-refractivity contribution in [2.24, 2.45) is 0 Å². The minimum Gasteiger partial charge on any atom is -0.497 e. The molecule has 3 aromatic rings. The van der Waals surface area contributed by atoms with Gasteiger partial charge in [0.1, 0.15) is 11.8 Å². The van der Waals surface area contributed by atoms with Gasteiger partial charge >= 0.3 is 6.09 Å². The van der Waals surface area contributed by atoms with E-state index >= 15 is 0 Å². The van der Waals surface area contributed by atoms with Crippen molar-refractivity contribution in [1.29, 1.82) is 0 Å². The average Bonchev–Trinajstić information content (AvgIpc) is 3.35. The maximum absolute atomic E-state index is 13.4. The lowest BCUT2D eigenvalue weighted by molar-refractivity contribution is -0.149. The fraction of sp³-hybridized carbons (Fsp3) is 0.364. The molecule has 0 saturated carbocycles. The van der Waals surface area contributed by atoms with Crippen molar-refractivity contribution in [3.05, 3.63) is 89.5 Å². The van der Waals surface area contributed by atoms with Gasteiger partial charge in [-0.05, 0) is 35.7 Å². The molecule has 1 unspecified atom stereocenters. The third-order valence-corrected chi connectivity index (χ3v) is 7.47. The molecular formula is C33H39N3O7. The van der Waals surface area contributed by atoms with Gasteiger partial charge in [-0.3, -0.25) is 9.59 Å². The molecule has 10 heteroatoms. The van der Waals surface area contributed by atoms with Gasteiger partial charge in [-0.2, -0.15) is 0 Å². The molecule has 0 bridgehead atoms. The molecular weight excluding hydrogens is 550 g/mol. The van der Waals surface area contributed by atoms with Crippen molar-refractivity contribution >= 4 is 17.9 Å². The molecule has 3 aromatic carbocycles. The monoisotopic (exact) mass is 589 g/mol. The predicted molar refractivity (Wildman–Crippen MR) is 161 cm³/mol. The first kappa shape index (κ1) is 31.5. The lowest BCUT2D eigenvalue weighted by Gasteiger charge is -2.29. The van der Waals surface area contributed by atoms with E-state index in [9.17, 15) is 14.4 Å². The molecule has 10 nitrogen and oxygen atoms in total. The third-order valence-electron chi connectivity index (χ3n) is 7.47. The second-order valence-corrected chi connectivity index (χ2v) is 10.4. The number of rotatable bonds is 13. The predicted octanol–water partition coefficient (Wildman–Crippen LogP) is 4.38. The number of methoxy groups -OCH3 is 3. The van der Waals surface area contributed by atoms with Crippen LogP contribution in [0.15, 0.2) is 72.8 Å². The number of hydrogen-bond acceptors (Lipinski definition) is 7. The number of carbonyl (C=O) groups is 3. The van der Waals surface area contributed by atoms with Crippen LogP contribution in [0.3, 0.4) is 0 Å². The highest BCUT2D eigenvalue weighted by atomic mass is 16.7. The Bertz CT molecular complexity index is 1360. The van der Waals surface area contributed by atoms with Crippen molar-refractivity contribution in [3.63, 3.8) is 0 Å². The number of amides is 3. The molecule has 1 atom stereocenters. The van der Waals surface area contributed by atoms with E-state index in [1.54, 1.807) is 26.0 Å².